The molecule has 1 aromatic heterocycles. The second-order valence-corrected chi connectivity index (χ2v) is 5.48. The lowest BCUT2D eigenvalue weighted by molar-refractivity contribution is 0.0955. The molecule has 19 heavy (non-hydrogen) atoms. The topological polar surface area (TPSA) is 79.3 Å². The number of aromatic nitrogens is 1. The number of pyridine rings is 1. The molecule has 0 aliphatic heterocycles. The van der Waals surface area contributed by atoms with E-state index in [-0.39, 0.29) is 12.5 Å². The van der Waals surface area contributed by atoms with Crippen LogP contribution in [0.2, 0.25) is 0 Å². The van der Waals surface area contributed by atoms with Crippen molar-refractivity contribution in [3.8, 4) is 11.8 Å². The highest BCUT2D eigenvalue weighted by Crippen LogP contribution is 2.01. The van der Waals surface area contributed by atoms with Crippen LogP contribution in [0.25, 0.3) is 0 Å². The summed E-state index contributed by atoms with van der Waals surface area (Å²) in [6.07, 6.45) is 2.96. The highest BCUT2D eigenvalue weighted by molar-refractivity contribution is 7.84. The number of rotatable bonds is 5. The highest BCUT2D eigenvalue weighted by atomic mass is 32.2. The lowest BCUT2D eigenvalue weighted by atomic mass is 10.2. The normalized spacial score (nSPS) is 11.3. The fraction of sp³-hybridized carbons (Fsp3) is 0.385. The Labute approximate surface area is 114 Å². The molecule has 0 fully saturated rings. The van der Waals surface area contributed by atoms with E-state index in [4.69, 9.17) is 5.11 Å². The average Bonchev–Trinajstić information content (AvgIpc) is 2.45. The molecule has 1 atom stereocenters. The molecule has 6 heteroatoms. The Morgan fingerprint density at radius 3 is 3.00 bits per heavy atom. The first kappa shape index (κ1) is 15.3. The van der Waals surface area contributed by atoms with Gasteiger partial charge in [-0.3, -0.25) is 14.0 Å². The summed E-state index contributed by atoms with van der Waals surface area (Å²) in [7, 11) is -0.889. The van der Waals surface area contributed by atoms with Crippen LogP contribution in [-0.2, 0) is 10.8 Å². The van der Waals surface area contributed by atoms with Crippen molar-refractivity contribution in [1.82, 2.24) is 10.3 Å². The quantitative estimate of drug-likeness (QED) is 0.740. The maximum atomic E-state index is 11.8. The van der Waals surface area contributed by atoms with Crippen LogP contribution in [0.1, 0.15) is 22.8 Å². The fourth-order valence-corrected chi connectivity index (χ4v) is 1.92. The summed E-state index contributed by atoms with van der Waals surface area (Å²) < 4.78 is 11.2. The van der Waals surface area contributed by atoms with Gasteiger partial charge < -0.3 is 10.4 Å². The van der Waals surface area contributed by atoms with Gasteiger partial charge in [-0.2, -0.15) is 0 Å². The number of carbonyl (C=O) groups excluding carboxylic acids is 1. The Bertz CT molecular complexity index is 520. The predicted molar refractivity (Wildman–Crippen MR) is 74.1 cm³/mol. The first-order valence-corrected chi connectivity index (χ1v) is 7.34. The number of nitrogens with zero attached hydrogens (tertiary/aromatic N) is 1. The first-order chi connectivity index (χ1) is 9.17. The molecule has 102 valence electrons. The van der Waals surface area contributed by atoms with Crippen LogP contribution >= 0.6 is 0 Å². The van der Waals surface area contributed by atoms with Crippen molar-refractivity contribution in [2.45, 2.75) is 6.92 Å². The summed E-state index contributed by atoms with van der Waals surface area (Å²) in [5.41, 5.74) is 0.964. The van der Waals surface area contributed by atoms with Crippen LogP contribution in [0.3, 0.4) is 0 Å². The zero-order valence-electron chi connectivity index (χ0n) is 10.7. The number of aliphatic hydroxyl groups excluding tert-OH is 1. The largest absolute Gasteiger partial charge is 0.384 e. The summed E-state index contributed by atoms with van der Waals surface area (Å²) in [6.45, 7) is 1.97. The summed E-state index contributed by atoms with van der Waals surface area (Å²) in [5.74, 6) is 5.93. The molecule has 0 saturated carbocycles. The minimum Gasteiger partial charge on any atom is -0.384 e. The third-order valence-corrected chi connectivity index (χ3v) is 3.55. The smallest absolute Gasteiger partial charge is 0.252 e. The Morgan fingerprint density at radius 1 is 1.53 bits per heavy atom. The molecule has 1 heterocycles. The molecule has 0 saturated heterocycles. The molecular weight excluding hydrogens is 264 g/mol. The molecule has 2 N–H and O–H groups in total. The molecule has 1 unspecified atom stereocenters. The van der Waals surface area contributed by atoms with Gasteiger partial charge in [-0.15, -0.1) is 0 Å². The van der Waals surface area contributed by atoms with Crippen molar-refractivity contribution >= 4 is 16.7 Å². The zero-order valence-corrected chi connectivity index (χ0v) is 11.5. The van der Waals surface area contributed by atoms with Crippen LogP contribution in [0.15, 0.2) is 18.5 Å². The molecule has 0 aliphatic carbocycles. The summed E-state index contributed by atoms with van der Waals surface area (Å²) in [4.78, 5) is 15.7. The van der Waals surface area contributed by atoms with Crippen molar-refractivity contribution in [3.05, 3.63) is 29.6 Å². The monoisotopic (exact) mass is 280 g/mol. The number of nitrogens with one attached hydrogen (secondary N) is 1. The Hall–Kier alpha value is -1.71. The zero-order chi connectivity index (χ0) is 14.1. The maximum absolute atomic E-state index is 11.8. The number of amides is 1. The van der Waals surface area contributed by atoms with E-state index in [1.165, 1.54) is 12.4 Å². The summed E-state index contributed by atoms with van der Waals surface area (Å²) in [5, 5.41) is 11.3. The maximum Gasteiger partial charge on any atom is 0.252 e. The Kier molecular flexibility index (Phi) is 6.79. The molecule has 0 spiro atoms. The second kappa shape index (κ2) is 8.40. The number of hydrogen-bond donors (Lipinski definition) is 2. The SMILES string of the molecule is CCS(=O)CCNC(=O)c1cncc(C#CCO)c1. The van der Waals surface area contributed by atoms with E-state index in [0.29, 0.717) is 29.2 Å². The van der Waals surface area contributed by atoms with E-state index in [9.17, 15) is 9.00 Å². The average molecular weight is 280 g/mol. The molecule has 1 rings (SSSR count). The number of carbonyl (C=O) groups is 1. The van der Waals surface area contributed by atoms with Crippen molar-refractivity contribution in [2.24, 2.45) is 0 Å². The molecule has 5 nitrogen and oxygen atoms in total. The summed E-state index contributed by atoms with van der Waals surface area (Å²) in [6, 6.07) is 1.60. The molecule has 0 bridgehead atoms. The minimum atomic E-state index is -0.889. The second-order valence-electron chi connectivity index (χ2n) is 3.61. The highest BCUT2D eigenvalue weighted by Gasteiger charge is 2.06. The molecule has 1 amide bonds. The van der Waals surface area contributed by atoms with Gasteiger partial charge in [0.05, 0.1) is 5.56 Å². The third kappa shape index (κ3) is 5.64. The fourth-order valence-electron chi connectivity index (χ4n) is 1.30. The standard InChI is InChI=1S/C13H16N2O3S/c1-2-19(18)7-5-15-13(17)12-8-11(4-3-6-16)9-14-10-12/h8-10,16H,2,5-7H2,1H3,(H,15,17). The molecular formula is C13H16N2O3S. The van der Waals surface area contributed by atoms with Crippen molar-refractivity contribution in [1.29, 1.82) is 0 Å². The van der Waals surface area contributed by atoms with Gasteiger partial charge in [0.15, 0.2) is 0 Å². The number of hydrogen-bond acceptors (Lipinski definition) is 4. The van der Waals surface area contributed by atoms with Crippen LogP contribution in [0.4, 0.5) is 0 Å². The lowest BCUT2D eigenvalue weighted by Crippen LogP contribution is -2.28. The van der Waals surface area contributed by atoms with Gasteiger partial charge in [0.1, 0.15) is 6.61 Å². The van der Waals surface area contributed by atoms with Crippen LogP contribution < -0.4 is 5.32 Å². The lowest BCUT2D eigenvalue weighted by Gasteiger charge is -2.04. The van der Waals surface area contributed by atoms with E-state index in [1.54, 1.807) is 6.07 Å². The molecule has 1 aromatic rings. The van der Waals surface area contributed by atoms with E-state index >= 15 is 0 Å². The molecule has 0 aliphatic rings. The van der Waals surface area contributed by atoms with Gasteiger partial charge in [0, 0.05) is 46.8 Å². The van der Waals surface area contributed by atoms with Crippen molar-refractivity contribution in [3.63, 3.8) is 0 Å². The van der Waals surface area contributed by atoms with Crippen LogP contribution in [0.5, 0.6) is 0 Å². The molecule has 0 aromatic carbocycles. The summed E-state index contributed by atoms with van der Waals surface area (Å²) >= 11 is 0. The predicted octanol–water partition coefficient (Wildman–Crippen LogP) is -0.0762. The minimum absolute atomic E-state index is 0.237. The van der Waals surface area contributed by atoms with E-state index in [0.717, 1.165) is 0 Å². The molecule has 0 radical (unpaired) electrons. The van der Waals surface area contributed by atoms with Crippen molar-refractivity contribution in [2.75, 3.05) is 24.7 Å². The van der Waals surface area contributed by atoms with E-state index in [1.807, 2.05) is 6.92 Å². The van der Waals surface area contributed by atoms with Gasteiger partial charge >= 0.3 is 0 Å². The van der Waals surface area contributed by atoms with Gasteiger partial charge in [0.2, 0.25) is 0 Å². The van der Waals surface area contributed by atoms with Crippen LogP contribution in [0, 0.1) is 11.8 Å². The number of aliphatic hydroxyl groups is 1. The third-order valence-electron chi connectivity index (χ3n) is 2.25. The van der Waals surface area contributed by atoms with Gasteiger partial charge in [0.25, 0.3) is 5.91 Å². The van der Waals surface area contributed by atoms with Crippen LogP contribution in [-0.4, -0.2) is 44.9 Å². The van der Waals surface area contributed by atoms with Gasteiger partial charge in [-0.05, 0) is 6.07 Å². The van der Waals surface area contributed by atoms with Crippen molar-refractivity contribution < 1.29 is 14.1 Å². The van der Waals surface area contributed by atoms with E-state index in [2.05, 4.69) is 22.1 Å². The Morgan fingerprint density at radius 2 is 2.32 bits per heavy atom. The first-order valence-electron chi connectivity index (χ1n) is 5.85. The van der Waals surface area contributed by atoms with Gasteiger partial charge in [-0.25, -0.2) is 0 Å². The van der Waals surface area contributed by atoms with Gasteiger partial charge in [-0.1, -0.05) is 18.8 Å². The Balaban J connectivity index is 2.59. The van der Waals surface area contributed by atoms with E-state index < -0.39 is 10.8 Å².